The number of halogens is 1. The molecule has 0 radical (unpaired) electrons. The fraction of sp³-hybridized carbons (Fsp3) is 0.529. The first-order valence-electron chi connectivity index (χ1n) is 7.94. The average molecular weight is 321 g/mol. The third kappa shape index (κ3) is 4.01. The van der Waals surface area contributed by atoms with Crippen LogP contribution in [0.15, 0.2) is 24.3 Å². The molecule has 2 amide bonds. The van der Waals surface area contributed by atoms with Gasteiger partial charge >= 0.3 is 0 Å². The summed E-state index contributed by atoms with van der Waals surface area (Å²) >= 11 is 5.85. The van der Waals surface area contributed by atoms with Gasteiger partial charge in [0.25, 0.3) is 0 Å². The van der Waals surface area contributed by atoms with E-state index in [2.05, 4.69) is 5.32 Å². The SMILES string of the molecule is O=C(NC1CC1)C1CCN(C(=O)Cc2ccc(Cl)cc2)CC1. The summed E-state index contributed by atoms with van der Waals surface area (Å²) in [6, 6.07) is 7.79. The largest absolute Gasteiger partial charge is 0.353 e. The molecule has 1 aromatic rings. The van der Waals surface area contributed by atoms with Gasteiger partial charge in [-0.15, -0.1) is 0 Å². The molecular formula is C17H21ClN2O2. The van der Waals surface area contributed by atoms with Gasteiger partial charge in [-0.1, -0.05) is 23.7 Å². The Morgan fingerprint density at radius 1 is 1.09 bits per heavy atom. The molecule has 1 N–H and O–H groups in total. The van der Waals surface area contributed by atoms with Gasteiger partial charge in [0.15, 0.2) is 0 Å². The quantitative estimate of drug-likeness (QED) is 0.926. The molecule has 1 saturated carbocycles. The van der Waals surface area contributed by atoms with Crippen molar-refractivity contribution >= 4 is 23.4 Å². The Morgan fingerprint density at radius 3 is 2.32 bits per heavy atom. The molecule has 0 aromatic heterocycles. The maximum absolute atomic E-state index is 12.3. The van der Waals surface area contributed by atoms with Crippen LogP contribution in [0.1, 0.15) is 31.2 Å². The Labute approximate surface area is 135 Å². The molecule has 1 aliphatic heterocycles. The summed E-state index contributed by atoms with van der Waals surface area (Å²) in [6.45, 7) is 1.35. The molecule has 4 nitrogen and oxygen atoms in total. The van der Waals surface area contributed by atoms with Gasteiger partial charge < -0.3 is 10.2 Å². The van der Waals surface area contributed by atoms with Crippen molar-refractivity contribution in [2.75, 3.05) is 13.1 Å². The topological polar surface area (TPSA) is 49.4 Å². The third-order valence-electron chi connectivity index (χ3n) is 4.41. The van der Waals surface area contributed by atoms with E-state index in [1.807, 2.05) is 17.0 Å². The highest BCUT2D eigenvalue weighted by molar-refractivity contribution is 6.30. The van der Waals surface area contributed by atoms with Crippen molar-refractivity contribution < 1.29 is 9.59 Å². The predicted molar refractivity (Wildman–Crippen MR) is 85.6 cm³/mol. The van der Waals surface area contributed by atoms with Gasteiger partial charge in [0.05, 0.1) is 6.42 Å². The average Bonchev–Trinajstić information content (AvgIpc) is 3.33. The van der Waals surface area contributed by atoms with E-state index in [-0.39, 0.29) is 17.7 Å². The van der Waals surface area contributed by atoms with Gasteiger partial charge in [-0.25, -0.2) is 0 Å². The van der Waals surface area contributed by atoms with Gasteiger partial charge in [0.2, 0.25) is 11.8 Å². The smallest absolute Gasteiger partial charge is 0.226 e. The zero-order valence-corrected chi connectivity index (χ0v) is 13.3. The van der Waals surface area contributed by atoms with Crippen LogP contribution in [0.4, 0.5) is 0 Å². The number of benzene rings is 1. The highest BCUT2D eigenvalue weighted by Crippen LogP contribution is 2.23. The van der Waals surface area contributed by atoms with Crippen molar-refractivity contribution in [3.63, 3.8) is 0 Å². The summed E-state index contributed by atoms with van der Waals surface area (Å²) in [5.74, 6) is 0.371. The van der Waals surface area contributed by atoms with Crippen LogP contribution in [0.3, 0.4) is 0 Å². The molecule has 1 aromatic carbocycles. The van der Waals surface area contributed by atoms with E-state index in [4.69, 9.17) is 11.6 Å². The molecule has 5 heteroatoms. The lowest BCUT2D eigenvalue weighted by atomic mass is 9.95. The molecule has 0 bridgehead atoms. The Balaban J connectivity index is 1.46. The van der Waals surface area contributed by atoms with Crippen molar-refractivity contribution in [1.82, 2.24) is 10.2 Å². The molecule has 1 aliphatic carbocycles. The second-order valence-electron chi connectivity index (χ2n) is 6.24. The minimum absolute atomic E-state index is 0.0696. The highest BCUT2D eigenvalue weighted by Gasteiger charge is 2.30. The molecule has 22 heavy (non-hydrogen) atoms. The first kappa shape index (κ1) is 15.3. The summed E-state index contributed by atoms with van der Waals surface area (Å²) in [5.41, 5.74) is 0.975. The van der Waals surface area contributed by atoms with E-state index in [1.54, 1.807) is 12.1 Å². The zero-order valence-electron chi connectivity index (χ0n) is 12.6. The van der Waals surface area contributed by atoms with Crippen LogP contribution >= 0.6 is 11.6 Å². The Morgan fingerprint density at radius 2 is 1.73 bits per heavy atom. The molecule has 0 spiro atoms. The molecule has 0 unspecified atom stereocenters. The van der Waals surface area contributed by atoms with Crippen molar-refractivity contribution in [2.45, 2.75) is 38.1 Å². The molecular weight excluding hydrogens is 300 g/mol. The number of nitrogens with one attached hydrogen (secondary N) is 1. The molecule has 1 saturated heterocycles. The number of hydrogen-bond donors (Lipinski definition) is 1. The van der Waals surface area contributed by atoms with Gasteiger partial charge in [0.1, 0.15) is 0 Å². The van der Waals surface area contributed by atoms with E-state index in [1.165, 1.54) is 0 Å². The molecule has 118 valence electrons. The van der Waals surface area contributed by atoms with Crippen LogP contribution in [0.2, 0.25) is 5.02 Å². The van der Waals surface area contributed by atoms with Crippen molar-refractivity contribution in [3.8, 4) is 0 Å². The van der Waals surface area contributed by atoms with Crippen LogP contribution in [0.5, 0.6) is 0 Å². The summed E-state index contributed by atoms with van der Waals surface area (Å²) < 4.78 is 0. The minimum atomic E-state index is 0.0696. The number of likely N-dealkylation sites (tertiary alicyclic amines) is 1. The summed E-state index contributed by atoms with van der Waals surface area (Å²) in [7, 11) is 0. The van der Waals surface area contributed by atoms with Crippen molar-refractivity contribution in [1.29, 1.82) is 0 Å². The lowest BCUT2D eigenvalue weighted by Gasteiger charge is -2.31. The lowest BCUT2D eigenvalue weighted by molar-refractivity contribution is -0.135. The number of rotatable bonds is 4. The molecule has 2 aliphatic rings. The highest BCUT2D eigenvalue weighted by atomic mass is 35.5. The van der Waals surface area contributed by atoms with E-state index < -0.39 is 0 Å². The second-order valence-corrected chi connectivity index (χ2v) is 6.68. The van der Waals surface area contributed by atoms with Crippen LogP contribution in [0, 0.1) is 5.92 Å². The van der Waals surface area contributed by atoms with Crippen LogP contribution in [-0.4, -0.2) is 35.8 Å². The van der Waals surface area contributed by atoms with Crippen molar-refractivity contribution in [2.24, 2.45) is 5.92 Å². The first-order valence-corrected chi connectivity index (χ1v) is 8.32. The van der Waals surface area contributed by atoms with E-state index in [0.29, 0.717) is 30.6 Å². The van der Waals surface area contributed by atoms with Crippen LogP contribution in [0.25, 0.3) is 0 Å². The van der Waals surface area contributed by atoms with Gasteiger partial charge in [-0.3, -0.25) is 9.59 Å². The number of amides is 2. The van der Waals surface area contributed by atoms with E-state index in [9.17, 15) is 9.59 Å². The maximum atomic E-state index is 12.3. The third-order valence-corrected chi connectivity index (χ3v) is 4.66. The molecule has 2 fully saturated rings. The summed E-state index contributed by atoms with van der Waals surface area (Å²) in [4.78, 5) is 26.2. The lowest BCUT2D eigenvalue weighted by Crippen LogP contribution is -2.43. The Kier molecular flexibility index (Phi) is 4.67. The van der Waals surface area contributed by atoms with Crippen molar-refractivity contribution in [3.05, 3.63) is 34.9 Å². The molecule has 0 atom stereocenters. The van der Waals surface area contributed by atoms with E-state index >= 15 is 0 Å². The second kappa shape index (κ2) is 6.69. The zero-order chi connectivity index (χ0) is 15.5. The number of carbonyl (C=O) groups is 2. The van der Waals surface area contributed by atoms with Crippen LogP contribution in [-0.2, 0) is 16.0 Å². The van der Waals surface area contributed by atoms with Crippen LogP contribution < -0.4 is 5.32 Å². The fourth-order valence-corrected chi connectivity index (χ4v) is 2.95. The predicted octanol–water partition coefficient (Wildman–Crippen LogP) is 2.40. The van der Waals surface area contributed by atoms with Gasteiger partial charge in [-0.2, -0.15) is 0 Å². The Hall–Kier alpha value is -1.55. The number of nitrogens with zero attached hydrogens (tertiary/aromatic N) is 1. The summed E-state index contributed by atoms with van der Waals surface area (Å²) in [5, 5.41) is 3.74. The Bertz CT molecular complexity index is 546. The normalized spacial score (nSPS) is 19.0. The standard InChI is InChI=1S/C17H21ClN2O2/c18-14-3-1-12(2-4-14)11-16(21)20-9-7-13(8-10-20)17(22)19-15-5-6-15/h1-4,13,15H,5-11H2,(H,19,22). The maximum Gasteiger partial charge on any atom is 0.226 e. The summed E-state index contributed by atoms with van der Waals surface area (Å²) in [6.07, 6.45) is 4.17. The minimum Gasteiger partial charge on any atom is -0.353 e. The monoisotopic (exact) mass is 320 g/mol. The van der Waals surface area contributed by atoms with E-state index in [0.717, 1.165) is 31.2 Å². The van der Waals surface area contributed by atoms with Gasteiger partial charge in [-0.05, 0) is 43.4 Å². The first-order chi connectivity index (χ1) is 10.6. The number of piperidine rings is 1. The number of carbonyl (C=O) groups excluding carboxylic acids is 2. The molecule has 1 heterocycles. The van der Waals surface area contributed by atoms with Gasteiger partial charge in [0, 0.05) is 30.1 Å². The fourth-order valence-electron chi connectivity index (χ4n) is 2.83. The molecule has 3 rings (SSSR count). The number of hydrogen-bond acceptors (Lipinski definition) is 2.